The molecule has 1 atom stereocenters. The zero-order chi connectivity index (χ0) is 30.1. The number of rotatable bonds is 7. The van der Waals surface area contributed by atoms with Crippen LogP contribution in [0, 0.1) is 0 Å². The Morgan fingerprint density at radius 2 is 1.21 bits per heavy atom. The monoisotopic (exact) mass is 574 g/mol. The van der Waals surface area contributed by atoms with Gasteiger partial charge < -0.3 is 30.3 Å². The number of ketones is 1. The summed E-state index contributed by atoms with van der Waals surface area (Å²) < 4.78 is 6.40. The summed E-state index contributed by atoms with van der Waals surface area (Å²) in [5, 5.41) is 54.4. The van der Waals surface area contributed by atoms with Crippen molar-refractivity contribution in [2.75, 3.05) is 0 Å². The van der Waals surface area contributed by atoms with Gasteiger partial charge in [-0.05, 0) is 52.1 Å². The van der Waals surface area contributed by atoms with Crippen LogP contribution in [0.4, 0.5) is 0 Å². The third kappa shape index (κ3) is 5.45. The van der Waals surface area contributed by atoms with Gasteiger partial charge >= 0.3 is 0 Å². The van der Waals surface area contributed by atoms with Crippen molar-refractivity contribution >= 4 is 5.78 Å². The molecular formula is C36H30O7. The third-order valence-corrected chi connectivity index (χ3v) is 7.97. The molecule has 5 aromatic carbocycles. The van der Waals surface area contributed by atoms with Crippen LogP contribution >= 0.6 is 0 Å². The quantitative estimate of drug-likeness (QED) is 0.146. The molecule has 1 aliphatic heterocycles. The molecule has 7 nitrogen and oxygen atoms in total. The standard InChI is InChI=1S/C36H30O7/c37-26-15-14-22(16-23-10-4-6-12-29(23)38)25(17-26)19-28-34(41)27(18-24-11-5-7-13-30(24)39)35(42)33-31(40)20-32(43-36(28)33)21-8-2-1-3-9-21/h1-15,17,32,37-39,41-42H,16,18-20H2. The maximum atomic E-state index is 13.6. The lowest BCUT2D eigenvalue weighted by molar-refractivity contribution is 0.0842. The number of ether oxygens (including phenoxy) is 1. The van der Waals surface area contributed by atoms with E-state index in [1.165, 1.54) is 6.07 Å². The lowest BCUT2D eigenvalue weighted by Crippen LogP contribution is -2.22. The van der Waals surface area contributed by atoms with Crippen molar-refractivity contribution in [3.05, 3.63) is 142 Å². The third-order valence-electron chi connectivity index (χ3n) is 7.97. The molecule has 43 heavy (non-hydrogen) atoms. The second kappa shape index (κ2) is 11.4. The molecule has 5 N–H and O–H groups in total. The van der Waals surface area contributed by atoms with E-state index in [4.69, 9.17) is 4.74 Å². The van der Waals surface area contributed by atoms with Crippen molar-refractivity contribution in [2.45, 2.75) is 31.8 Å². The SMILES string of the molecule is O=C1CC(c2ccccc2)Oc2c(Cc3cc(O)ccc3Cc3ccccc3O)c(O)c(Cc3ccccc3O)c(O)c21. The van der Waals surface area contributed by atoms with Gasteiger partial charge in [-0.3, -0.25) is 4.79 Å². The van der Waals surface area contributed by atoms with Gasteiger partial charge in [-0.15, -0.1) is 0 Å². The van der Waals surface area contributed by atoms with Gasteiger partial charge in [0.2, 0.25) is 0 Å². The fourth-order valence-corrected chi connectivity index (χ4v) is 5.70. The molecule has 0 amide bonds. The minimum Gasteiger partial charge on any atom is -0.508 e. The number of fused-ring (bicyclic) bond motifs is 1. The number of hydrogen-bond acceptors (Lipinski definition) is 7. The van der Waals surface area contributed by atoms with Crippen molar-refractivity contribution < 1.29 is 35.1 Å². The average Bonchev–Trinajstić information content (AvgIpc) is 3.00. The number of aromatic hydroxyl groups is 5. The fraction of sp³-hybridized carbons (Fsp3) is 0.139. The van der Waals surface area contributed by atoms with Crippen LogP contribution in [0.15, 0.2) is 97.1 Å². The Balaban J connectivity index is 1.51. The Morgan fingerprint density at radius 1 is 0.605 bits per heavy atom. The van der Waals surface area contributed by atoms with Gasteiger partial charge in [0.05, 0.1) is 6.42 Å². The van der Waals surface area contributed by atoms with Crippen molar-refractivity contribution in [3.8, 4) is 34.5 Å². The predicted molar refractivity (Wildman–Crippen MR) is 161 cm³/mol. The van der Waals surface area contributed by atoms with Crippen LogP contribution in [0.1, 0.15) is 61.8 Å². The Kier molecular flexibility index (Phi) is 7.38. The molecule has 0 fully saturated rings. The minimum absolute atomic E-state index is 0.00449. The minimum atomic E-state index is -0.632. The molecule has 0 bridgehead atoms. The molecule has 0 radical (unpaired) electrons. The van der Waals surface area contributed by atoms with Gasteiger partial charge in [-0.2, -0.15) is 0 Å². The van der Waals surface area contributed by atoms with Gasteiger partial charge in [0, 0.05) is 30.4 Å². The summed E-state index contributed by atoms with van der Waals surface area (Å²) in [7, 11) is 0. The molecule has 0 saturated heterocycles. The fourth-order valence-electron chi connectivity index (χ4n) is 5.70. The molecule has 0 spiro atoms. The number of hydrogen-bond donors (Lipinski definition) is 5. The van der Waals surface area contributed by atoms with E-state index < -0.39 is 6.10 Å². The summed E-state index contributed by atoms with van der Waals surface area (Å²) in [5.74, 6) is -0.770. The van der Waals surface area contributed by atoms with Crippen LogP contribution in [0.3, 0.4) is 0 Å². The number of benzene rings is 5. The zero-order valence-electron chi connectivity index (χ0n) is 23.2. The first-order valence-electron chi connectivity index (χ1n) is 14.0. The highest BCUT2D eigenvalue weighted by molar-refractivity contribution is 6.04. The first kappa shape index (κ1) is 27.7. The van der Waals surface area contributed by atoms with E-state index in [2.05, 4.69) is 0 Å². The maximum absolute atomic E-state index is 13.6. The van der Waals surface area contributed by atoms with Crippen molar-refractivity contribution in [3.63, 3.8) is 0 Å². The number of carbonyl (C=O) groups excluding carboxylic acids is 1. The van der Waals surface area contributed by atoms with E-state index in [0.29, 0.717) is 23.1 Å². The van der Waals surface area contributed by atoms with E-state index in [1.807, 2.05) is 42.5 Å². The zero-order valence-corrected chi connectivity index (χ0v) is 23.2. The number of phenolic OH excluding ortho intramolecular Hbond substituents is 5. The highest BCUT2D eigenvalue weighted by Crippen LogP contribution is 2.50. The number of carbonyl (C=O) groups is 1. The predicted octanol–water partition coefficient (Wildman–Crippen LogP) is 6.69. The van der Waals surface area contributed by atoms with Crippen LogP contribution in [0.5, 0.6) is 34.5 Å². The summed E-state index contributed by atoms with van der Waals surface area (Å²) >= 11 is 0. The Morgan fingerprint density at radius 3 is 1.88 bits per heavy atom. The van der Waals surface area contributed by atoms with E-state index in [-0.39, 0.29) is 76.2 Å². The first-order chi connectivity index (χ1) is 20.8. The molecule has 1 unspecified atom stereocenters. The van der Waals surface area contributed by atoms with E-state index >= 15 is 0 Å². The van der Waals surface area contributed by atoms with Gasteiger partial charge in [0.1, 0.15) is 46.2 Å². The average molecular weight is 575 g/mol. The summed E-state index contributed by atoms with van der Waals surface area (Å²) in [5.41, 5.74) is 3.69. The van der Waals surface area contributed by atoms with E-state index in [9.17, 15) is 30.3 Å². The van der Waals surface area contributed by atoms with Crippen molar-refractivity contribution in [1.29, 1.82) is 0 Å². The lowest BCUT2D eigenvalue weighted by Gasteiger charge is -2.30. The molecule has 0 saturated carbocycles. The van der Waals surface area contributed by atoms with Gasteiger partial charge in [-0.25, -0.2) is 0 Å². The number of phenols is 5. The van der Waals surface area contributed by atoms with Gasteiger partial charge in [0.25, 0.3) is 0 Å². The molecule has 5 aromatic rings. The van der Waals surface area contributed by atoms with Gasteiger partial charge in [-0.1, -0.05) is 72.8 Å². The summed E-state index contributed by atoms with van der Waals surface area (Å²) in [4.78, 5) is 13.6. The molecule has 7 heteroatoms. The molecule has 0 aliphatic carbocycles. The highest BCUT2D eigenvalue weighted by atomic mass is 16.5. The number of para-hydroxylation sites is 2. The first-order valence-corrected chi connectivity index (χ1v) is 14.0. The van der Waals surface area contributed by atoms with Gasteiger partial charge in [0.15, 0.2) is 5.78 Å². The van der Waals surface area contributed by atoms with E-state index in [1.54, 1.807) is 48.5 Å². The maximum Gasteiger partial charge on any atom is 0.174 e. The Bertz CT molecular complexity index is 1830. The highest BCUT2D eigenvalue weighted by Gasteiger charge is 2.36. The topological polar surface area (TPSA) is 127 Å². The van der Waals surface area contributed by atoms with Crippen LogP contribution in [0.2, 0.25) is 0 Å². The molecule has 6 rings (SSSR count). The Hall–Kier alpha value is -5.43. The molecular weight excluding hydrogens is 544 g/mol. The summed E-state index contributed by atoms with van der Waals surface area (Å²) in [6.07, 6.45) is -0.276. The molecule has 0 aromatic heterocycles. The van der Waals surface area contributed by atoms with Crippen LogP contribution < -0.4 is 4.74 Å². The lowest BCUT2D eigenvalue weighted by atomic mass is 9.86. The van der Waals surface area contributed by atoms with E-state index in [0.717, 1.165) is 11.1 Å². The summed E-state index contributed by atoms with van der Waals surface area (Å²) in [6.45, 7) is 0. The largest absolute Gasteiger partial charge is 0.508 e. The second-order valence-corrected chi connectivity index (χ2v) is 10.7. The van der Waals surface area contributed by atoms with Crippen LogP contribution in [0.25, 0.3) is 0 Å². The second-order valence-electron chi connectivity index (χ2n) is 10.7. The summed E-state index contributed by atoms with van der Waals surface area (Å²) in [6, 6.07) is 27.7. The van der Waals surface area contributed by atoms with Crippen molar-refractivity contribution in [1.82, 2.24) is 0 Å². The number of Topliss-reactive ketones (excluding diaryl/α,β-unsaturated/α-hetero) is 1. The molecule has 1 heterocycles. The van der Waals surface area contributed by atoms with Crippen molar-refractivity contribution in [2.24, 2.45) is 0 Å². The molecule has 1 aliphatic rings. The molecule has 216 valence electrons. The van der Waals surface area contributed by atoms with Crippen LogP contribution in [-0.2, 0) is 19.3 Å². The van der Waals surface area contributed by atoms with Crippen LogP contribution in [-0.4, -0.2) is 31.3 Å². The normalized spacial score (nSPS) is 14.2. The smallest absolute Gasteiger partial charge is 0.174 e. The Labute approximate surface area is 248 Å².